The molecule has 0 amide bonds. The quantitative estimate of drug-likeness (QED) is 0.0982. The first kappa shape index (κ1) is 55.8. The second kappa shape index (κ2) is 35.3. The smallest absolute Gasteiger partial charge is 0.870 e. The topological polar surface area (TPSA) is 241 Å². The van der Waals surface area contributed by atoms with Crippen molar-refractivity contribution >= 4 is 22.0 Å². The molecule has 3 aromatic carbocycles. The van der Waals surface area contributed by atoms with Crippen LogP contribution in [-0.2, 0) is 39.7 Å². The molecule has 0 atom stereocenters. The maximum Gasteiger partial charge on any atom is 1.00 e. The molecule has 0 aliphatic rings. The summed E-state index contributed by atoms with van der Waals surface area (Å²) >= 11 is 5.00. The average Bonchev–Trinajstić information content (AvgIpc) is 3.04. The van der Waals surface area contributed by atoms with Gasteiger partial charge < -0.3 is 54.3 Å². The van der Waals surface area contributed by atoms with Gasteiger partial charge >= 0.3 is 40.0 Å². The second-order valence-corrected chi connectivity index (χ2v) is 9.60. The number of rotatable bonds is 10. The van der Waals surface area contributed by atoms with Gasteiger partial charge in [-0.1, -0.05) is 25.1 Å². The van der Waals surface area contributed by atoms with Crippen LogP contribution in [0.25, 0.3) is 0 Å². The van der Waals surface area contributed by atoms with Gasteiger partial charge in [-0.15, -0.1) is 11.6 Å². The van der Waals surface area contributed by atoms with Crippen molar-refractivity contribution < 1.29 is 101 Å². The van der Waals surface area contributed by atoms with Crippen LogP contribution in [0.1, 0.15) is 30.5 Å². The van der Waals surface area contributed by atoms with Gasteiger partial charge in [0.2, 0.25) is 0 Å². The molecule has 7 N–H and O–H groups in total. The van der Waals surface area contributed by atoms with Crippen LogP contribution in [-0.4, -0.2) is 98.6 Å². The molecule has 278 valence electrons. The molecule has 0 saturated heterocycles. The van der Waals surface area contributed by atoms with Crippen LogP contribution in [0.15, 0.2) is 54.6 Å². The zero-order valence-corrected chi connectivity index (χ0v) is 33.0. The van der Waals surface area contributed by atoms with Crippen LogP contribution < -0.4 is 48.5 Å². The Morgan fingerprint density at radius 1 is 0.653 bits per heavy atom. The van der Waals surface area contributed by atoms with E-state index in [0.29, 0.717) is 31.3 Å². The van der Waals surface area contributed by atoms with E-state index >= 15 is 0 Å². The van der Waals surface area contributed by atoms with E-state index in [0.717, 1.165) is 41.2 Å². The van der Waals surface area contributed by atoms with Gasteiger partial charge in [0.05, 0.1) is 47.8 Å². The average molecular weight is 753 g/mol. The number of aromatic hydroxyl groups is 2. The van der Waals surface area contributed by atoms with Crippen molar-refractivity contribution in [3.63, 3.8) is 0 Å². The Balaban J connectivity index is -0.000000172. The number of benzene rings is 3. The predicted molar refractivity (Wildman–Crippen MR) is 181 cm³/mol. The summed E-state index contributed by atoms with van der Waals surface area (Å²) in [6, 6.07) is 15.6. The Bertz CT molecular complexity index is 1310. The van der Waals surface area contributed by atoms with Crippen molar-refractivity contribution in [3.05, 3.63) is 71.3 Å². The van der Waals surface area contributed by atoms with Crippen molar-refractivity contribution in [2.75, 3.05) is 55.1 Å². The van der Waals surface area contributed by atoms with Gasteiger partial charge in [-0.3, -0.25) is 9.11 Å². The summed E-state index contributed by atoms with van der Waals surface area (Å²) in [6.45, 7) is 5.54. The van der Waals surface area contributed by atoms with Crippen LogP contribution in [0.5, 0.6) is 34.5 Å². The molecule has 0 aliphatic carbocycles. The van der Waals surface area contributed by atoms with E-state index in [-0.39, 0.29) is 53.1 Å². The Hall–Kier alpha value is -2.58. The molecule has 49 heavy (non-hydrogen) atoms. The predicted octanol–water partition coefficient (Wildman–Crippen LogP) is 1.71. The zero-order valence-electron chi connectivity index (χ0n) is 29.4. The second-order valence-electron chi connectivity index (χ2n) is 8.17. The van der Waals surface area contributed by atoms with Gasteiger partial charge in [-0.25, -0.2) is 0 Å². The molecule has 0 aliphatic heterocycles. The van der Waals surface area contributed by atoms with E-state index in [4.69, 9.17) is 72.9 Å². The molecule has 15 nitrogen and oxygen atoms in total. The molecule has 18 heteroatoms. The van der Waals surface area contributed by atoms with Crippen molar-refractivity contribution in [1.82, 2.24) is 0 Å². The standard InChI is InChI=1S/C11H16O3.C9H12O3.C8H10O3.C2H5Cl.CH4O.Na.H2O4S.H2O/c1-4-14-10-6-5-9(8-12-2)7-11(10)13-3;1-11-6-7-3-4-8(10)9(5-7)12-2;1-11-8-4-6(5-9)2-3-7(8)10;1-2-3;1-2;;1-5(2,3)4;/h5-7H,4,8H2,1-3H3;3-5,10H,6H2,1-2H3;2-4,9-10H,5H2,1H3;2H2,1H3;2H,1H3;;(H2,1,2,3,4);1H2/q;;;;;+1;;/p-1. The molecule has 0 bridgehead atoms. The normalized spacial score (nSPS) is 9.08. The van der Waals surface area contributed by atoms with Gasteiger partial charge in [-0.2, -0.15) is 8.42 Å². The zero-order chi connectivity index (χ0) is 36.8. The van der Waals surface area contributed by atoms with Crippen molar-refractivity contribution in [3.8, 4) is 34.5 Å². The van der Waals surface area contributed by atoms with Crippen molar-refractivity contribution in [2.45, 2.75) is 33.7 Å². The number of aliphatic hydroxyl groups is 2. The van der Waals surface area contributed by atoms with Crippen LogP contribution in [0.4, 0.5) is 0 Å². The van der Waals surface area contributed by atoms with Crippen LogP contribution in [0.2, 0.25) is 0 Å². The molecule has 0 radical (unpaired) electrons. The molecule has 0 fully saturated rings. The van der Waals surface area contributed by atoms with E-state index in [1.807, 2.05) is 32.0 Å². The number of phenols is 2. The van der Waals surface area contributed by atoms with Crippen LogP contribution in [0, 0.1) is 0 Å². The number of methoxy groups -OCH3 is 5. The van der Waals surface area contributed by atoms with E-state index in [9.17, 15) is 5.11 Å². The largest absolute Gasteiger partial charge is 1.00 e. The van der Waals surface area contributed by atoms with Gasteiger partial charge in [0.1, 0.15) is 0 Å². The maximum absolute atomic E-state index is 9.24. The Morgan fingerprint density at radius 3 is 1.31 bits per heavy atom. The van der Waals surface area contributed by atoms with Crippen molar-refractivity contribution in [1.29, 1.82) is 0 Å². The first-order chi connectivity index (χ1) is 22.3. The molecule has 3 aromatic rings. The maximum atomic E-state index is 9.24. The minimum absolute atomic E-state index is 0. The number of aliphatic hydroxyl groups excluding tert-OH is 2. The van der Waals surface area contributed by atoms with Crippen molar-refractivity contribution in [2.24, 2.45) is 0 Å². The first-order valence-electron chi connectivity index (χ1n) is 13.6. The Kier molecular flexibility index (Phi) is 40.2. The van der Waals surface area contributed by atoms with Gasteiger partial charge in [-0.05, 0) is 60.0 Å². The summed E-state index contributed by atoms with van der Waals surface area (Å²) in [7, 11) is 4.25. The van der Waals surface area contributed by atoms with Gasteiger partial charge in [0.25, 0.3) is 0 Å². The molecule has 0 spiro atoms. The fourth-order valence-electron chi connectivity index (χ4n) is 3.04. The third-order valence-electron chi connectivity index (χ3n) is 4.82. The molecular formula is C31H50ClNaO15S. The molecule has 3 rings (SSSR count). The number of hydrogen-bond acceptors (Lipinski definition) is 13. The molecule has 0 saturated carbocycles. The summed E-state index contributed by atoms with van der Waals surface area (Å²) in [5, 5.41) is 34.1. The summed E-state index contributed by atoms with van der Waals surface area (Å²) in [5.74, 6) is 3.35. The summed E-state index contributed by atoms with van der Waals surface area (Å²) < 4.78 is 61.9. The van der Waals surface area contributed by atoms with E-state index < -0.39 is 10.4 Å². The van der Waals surface area contributed by atoms with E-state index in [1.165, 1.54) is 20.3 Å². The van der Waals surface area contributed by atoms with Gasteiger partial charge in [0.15, 0.2) is 34.5 Å². The van der Waals surface area contributed by atoms with E-state index in [1.54, 1.807) is 51.7 Å². The monoisotopic (exact) mass is 752 g/mol. The summed E-state index contributed by atoms with van der Waals surface area (Å²) in [6.07, 6.45) is 0. The Labute approximate surface area is 316 Å². The number of phenolic OH excluding ortho intramolecular Hbond substituents is 2. The van der Waals surface area contributed by atoms with Crippen LogP contribution >= 0.6 is 11.6 Å². The number of alkyl halides is 1. The molecule has 0 unspecified atom stereocenters. The fraction of sp³-hybridized carbons (Fsp3) is 0.419. The van der Waals surface area contributed by atoms with Gasteiger partial charge in [0, 0.05) is 27.2 Å². The molecule has 0 heterocycles. The fourth-order valence-corrected chi connectivity index (χ4v) is 3.04. The Morgan fingerprint density at radius 2 is 0.980 bits per heavy atom. The number of halogens is 1. The minimum atomic E-state index is -4.67. The first-order valence-corrected chi connectivity index (χ1v) is 15.5. The summed E-state index contributed by atoms with van der Waals surface area (Å²) in [5.41, 5.74) is 2.78. The minimum Gasteiger partial charge on any atom is -0.870 e. The summed E-state index contributed by atoms with van der Waals surface area (Å²) in [4.78, 5) is 0. The van der Waals surface area contributed by atoms with E-state index in [2.05, 4.69) is 0 Å². The number of ether oxygens (including phenoxy) is 6. The third kappa shape index (κ3) is 30.0. The number of hydrogen-bond donors (Lipinski definition) is 6. The molecular weight excluding hydrogens is 703 g/mol. The SMILES string of the molecule is CCCl.CCOc1ccc(COC)cc1OC.CO.COCc1ccc(O)c(OC)c1.COc1cc(CO)ccc1O.O=S(=O)(O)O.[Na+].[OH-]. The van der Waals surface area contributed by atoms with Crippen LogP contribution in [0.3, 0.4) is 0 Å². The third-order valence-corrected chi connectivity index (χ3v) is 4.82. The molecule has 0 aromatic heterocycles.